The van der Waals surface area contributed by atoms with Crippen molar-refractivity contribution in [3.63, 3.8) is 0 Å². The van der Waals surface area contributed by atoms with Gasteiger partial charge in [-0.25, -0.2) is 0 Å². The Bertz CT molecular complexity index is 597. The van der Waals surface area contributed by atoms with Gasteiger partial charge < -0.3 is 10.6 Å². The summed E-state index contributed by atoms with van der Waals surface area (Å²) in [6.07, 6.45) is 0.389. The Labute approximate surface area is 131 Å². The van der Waals surface area contributed by atoms with Crippen LogP contribution in [0, 0.1) is 0 Å². The van der Waals surface area contributed by atoms with Crippen LogP contribution >= 0.6 is 27.3 Å². The van der Waals surface area contributed by atoms with Crippen molar-refractivity contribution in [3.05, 3.63) is 50.6 Å². The number of thiophene rings is 1. The van der Waals surface area contributed by atoms with Gasteiger partial charge in [0.05, 0.1) is 12.5 Å². The number of para-hydroxylation sites is 1. The maximum atomic E-state index is 11.5. The van der Waals surface area contributed by atoms with E-state index in [4.69, 9.17) is 0 Å². The number of amides is 1. The predicted molar refractivity (Wildman–Crippen MR) is 88.3 cm³/mol. The molecule has 0 aliphatic heterocycles. The third-order valence-electron chi connectivity index (χ3n) is 3.03. The number of anilines is 1. The quantitative estimate of drug-likeness (QED) is 0.854. The van der Waals surface area contributed by atoms with Crippen LogP contribution in [-0.2, 0) is 11.2 Å². The van der Waals surface area contributed by atoms with Gasteiger partial charge in [0.2, 0.25) is 5.91 Å². The third kappa shape index (κ3) is 3.84. The molecule has 0 saturated carbocycles. The first kappa shape index (κ1) is 15.1. The lowest BCUT2D eigenvalue weighted by Gasteiger charge is -2.17. The van der Waals surface area contributed by atoms with Crippen LogP contribution in [0.3, 0.4) is 0 Å². The van der Waals surface area contributed by atoms with Crippen LogP contribution in [0.25, 0.3) is 0 Å². The van der Waals surface area contributed by atoms with E-state index in [1.807, 2.05) is 24.3 Å². The topological polar surface area (TPSA) is 41.1 Å². The molecule has 0 aliphatic carbocycles. The lowest BCUT2D eigenvalue weighted by Crippen LogP contribution is -2.20. The molecule has 0 saturated heterocycles. The van der Waals surface area contributed by atoms with E-state index in [1.54, 1.807) is 18.4 Å². The molecular formula is C15H17BrN2OS. The van der Waals surface area contributed by atoms with Crippen molar-refractivity contribution in [2.75, 3.05) is 12.4 Å². The highest BCUT2D eigenvalue weighted by Gasteiger charge is 2.11. The number of likely N-dealkylation sites (N-methyl/N-ethyl adjacent to an activating group) is 1. The first-order valence-corrected chi connectivity index (χ1v) is 8.06. The third-order valence-corrected chi connectivity index (χ3v) is 4.91. The van der Waals surface area contributed by atoms with Crippen LogP contribution in [0.4, 0.5) is 5.69 Å². The summed E-state index contributed by atoms with van der Waals surface area (Å²) in [5.41, 5.74) is 2.02. The first-order valence-electron chi connectivity index (χ1n) is 6.39. The number of nitrogens with one attached hydrogen (secondary N) is 2. The molecule has 1 aromatic heterocycles. The normalized spacial score (nSPS) is 11.9. The van der Waals surface area contributed by atoms with Crippen molar-refractivity contribution in [1.82, 2.24) is 5.32 Å². The fourth-order valence-corrected chi connectivity index (χ4v) is 3.39. The minimum atomic E-state index is 0.0192. The minimum Gasteiger partial charge on any atom is -0.377 e. The molecule has 1 aromatic carbocycles. The number of benzene rings is 1. The van der Waals surface area contributed by atoms with Gasteiger partial charge >= 0.3 is 0 Å². The molecule has 0 fully saturated rings. The van der Waals surface area contributed by atoms with Crippen molar-refractivity contribution < 1.29 is 4.79 Å². The number of hydrogen-bond acceptors (Lipinski definition) is 3. The van der Waals surface area contributed by atoms with Gasteiger partial charge in [0.1, 0.15) is 0 Å². The lowest BCUT2D eigenvalue weighted by atomic mass is 10.1. The maximum Gasteiger partial charge on any atom is 0.224 e. The number of rotatable bonds is 5. The molecular weight excluding hydrogens is 336 g/mol. The summed E-state index contributed by atoms with van der Waals surface area (Å²) < 4.78 is 1.10. The summed E-state index contributed by atoms with van der Waals surface area (Å²) in [6, 6.07) is 10.2. The number of carbonyl (C=O) groups excluding carboxylic acids is 1. The molecule has 1 atom stereocenters. The van der Waals surface area contributed by atoms with Crippen molar-refractivity contribution in [3.8, 4) is 0 Å². The van der Waals surface area contributed by atoms with Gasteiger partial charge in [0, 0.05) is 27.5 Å². The minimum absolute atomic E-state index is 0.0192. The van der Waals surface area contributed by atoms with Gasteiger partial charge in [-0.3, -0.25) is 4.79 Å². The van der Waals surface area contributed by atoms with E-state index in [2.05, 4.69) is 44.9 Å². The van der Waals surface area contributed by atoms with Crippen molar-refractivity contribution in [2.24, 2.45) is 0 Å². The molecule has 2 aromatic rings. The van der Waals surface area contributed by atoms with E-state index in [0.29, 0.717) is 6.42 Å². The zero-order chi connectivity index (χ0) is 14.5. The lowest BCUT2D eigenvalue weighted by molar-refractivity contribution is -0.119. The highest BCUT2D eigenvalue weighted by atomic mass is 79.9. The largest absolute Gasteiger partial charge is 0.377 e. The first-order chi connectivity index (χ1) is 9.60. The maximum absolute atomic E-state index is 11.5. The molecule has 0 aliphatic rings. The number of carbonyl (C=O) groups is 1. The van der Waals surface area contributed by atoms with Crippen LogP contribution in [0.5, 0.6) is 0 Å². The van der Waals surface area contributed by atoms with Gasteiger partial charge in [0.25, 0.3) is 0 Å². The molecule has 1 heterocycles. The monoisotopic (exact) mass is 352 g/mol. The van der Waals surface area contributed by atoms with E-state index >= 15 is 0 Å². The molecule has 2 N–H and O–H groups in total. The molecule has 0 radical (unpaired) electrons. The van der Waals surface area contributed by atoms with Crippen molar-refractivity contribution in [2.45, 2.75) is 19.4 Å². The second-order valence-electron chi connectivity index (χ2n) is 4.54. The molecule has 0 bridgehead atoms. The SMILES string of the molecule is CNC(=O)Cc1ccccc1NC(C)c1cc(Br)cs1. The van der Waals surface area contributed by atoms with Crippen LogP contribution in [0.15, 0.2) is 40.2 Å². The molecule has 3 nitrogen and oxygen atoms in total. The average molecular weight is 353 g/mol. The van der Waals surface area contributed by atoms with Crippen molar-refractivity contribution in [1.29, 1.82) is 0 Å². The molecule has 1 amide bonds. The summed E-state index contributed by atoms with van der Waals surface area (Å²) in [6.45, 7) is 2.12. The summed E-state index contributed by atoms with van der Waals surface area (Å²) in [4.78, 5) is 12.8. The highest BCUT2D eigenvalue weighted by molar-refractivity contribution is 9.10. The summed E-state index contributed by atoms with van der Waals surface area (Å²) >= 11 is 5.18. The highest BCUT2D eigenvalue weighted by Crippen LogP contribution is 2.29. The van der Waals surface area contributed by atoms with Crippen LogP contribution in [0.2, 0.25) is 0 Å². The van der Waals surface area contributed by atoms with Gasteiger partial charge in [-0.05, 0) is 40.5 Å². The number of halogens is 1. The molecule has 20 heavy (non-hydrogen) atoms. The summed E-state index contributed by atoms with van der Waals surface area (Å²) in [5.74, 6) is 0.0192. The smallest absolute Gasteiger partial charge is 0.224 e. The molecule has 106 valence electrons. The Morgan fingerprint density at radius 3 is 2.80 bits per heavy atom. The molecule has 0 spiro atoms. The van der Waals surface area contributed by atoms with E-state index < -0.39 is 0 Å². The van der Waals surface area contributed by atoms with Gasteiger partial charge in [-0.2, -0.15) is 0 Å². The fraction of sp³-hybridized carbons (Fsp3) is 0.267. The van der Waals surface area contributed by atoms with E-state index in [1.165, 1.54) is 4.88 Å². The Morgan fingerprint density at radius 1 is 1.40 bits per heavy atom. The van der Waals surface area contributed by atoms with Gasteiger partial charge in [0.15, 0.2) is 0 Å². The second kappa shape index (κ2) is 6.90. The zero-order valence-electron chi connectivity index (χ0n) is 11.4. The Balaban J connectivity index is 2.14. The summed E-state index contributed by atoms with van der Waals surface area (Å²) in [7, 11) is 1.66. The fourth-order valence-electron chi connectivity index (χ4n) is 1.94. The molecule has 5 heteroatoms. The Kier molecular flexibility index (Phi) is 5.20. The van der Waals surface area contributed by atoms with E-state index in [-0.39, 0.29) is 11.9 Å². The summed E-state index contributed by atoms with van der Waals surface area (Å²) in [5, 5.41) is 8.21. The van der Waals surface area contributed by atoms with Crippen LogP contribution < -0.4 is 10.6 Å². The Hall–Kier alpha value is -1.33. The predicted octanol–water partition coefficient (Wildman–Crippen LogP) is 3.97. The van der Waals surface area contributed by atoms with E-state index in [0.717, 1.165) is 15.7 Å². The van der Waals surface area contributed by atoms with Gasteiger partial charge in [-0.1, -0.05) is 18.2 Å². The zero-order valence-corrected chi connectivity index (χ0v) is 13.8. The van der Waals surface area contributed by atoms with Crippen molar-refractivity contribution >= 4 is 38.9 Å². The average Bonchev–Trinajstić information content (AvgIpc) is 2.87. The second-order valence-corrected chi connectivity index (χ2v) is 6.40. The molecule has 1 unspecified atom stereocenters. The Morgan fingerprint density at radius 2 is 2.15 bits per heavy atom. The van der Waals surface area contributed by atoms with Gasteiger partial charge in [-0.15, -0.1) is 11.3 Å². The van der Waals surface area contributed by atoms with Crippen LogP contribution in [-0.4, -0.2) is 13.0 Å². The number of hydrogen-bond donors (Lipinski definition) is 2. The molecule has 2 rings (SSSR count). The van der Waals surface area contributed by atoms with Crippen LogP contribution in [0.1, 0.15) is 23.4 Å². The van der Waals surface area contributed by atoms with E-state index in [9.17, 15) is 4.79 Å². The standard InChI is InChI=1S/C15H17BrN2OS/c1-10(14-8-12(16)9-20-14)18-13-6-4-3-5-11(13)7-15(19)17-2/h3-6,8-10,18H,7H2,1-2H3,(H,17,19).